The van der Waals surface area contributed by atoms with Crippen LogP contribution in [-0.2, 0) is 0 Å². The van der Waals surface area contributed by atoms with Gasteiger partial charge in [0, 0.05) is 57.5 Å². The van der Waals surface area contributed by atoms with Crippen LogP contribution >= 0.6 is 0 Å². The molecule has 4 heteroatoms. The Labute approximate surface area is 147 Å². The van der Waals surface area contributed by atoms with Crippen molar-refractivity contribution in [1.82, 2.24) is 15.1 Å². The number of anilines is 1. The lowest BCUT2D eigenvalue weighted by molar-refractivity contribution is 0.135. The molecule has 0 aromatic heterocycles. The first-order chi connectivity index (χ1) is 11.8. The molecule has 1 aromatic carbocycles. The van der Waals surface area contributed by atoms with Crippen LogP contribution in [-0.4, -0.2) is 68.7 Å². The van der Waals surface area contributed by atoms with Crippen molar-refractivity contribution in [3.05, 3.63) is 29.8 Å². The van der Waals surface area contributed by atoms with Crippen molar-refractivity contribution in [2.45, 2.75) is 32.7 Å². The Bertz CT molecular complexity index is 471. The zero-order valence-corrected chi connectivity index (χ0v) is 15.5. The predicted molar refractivity (Wildman–Crippen MR) is 103 cm³/mol. The second-order valence-corrected chi connectivity index (χ2v) is 7.07. The quantitative estimate of drug-likeness (QED) is 0.829. The Kier molecular flexibility index (Phi) is 6.52. The minimum absolute atomic E-state index is 0.538. The summed E-state index contributed by atoms with van der Waals surface area (Å²) in [6.07, 6.45) is 2.74. The summed E-state index contributed by atoms with van der Waals surface area (Å²) in [5.41, 5.74) is 2.84. The molecule has 0 aliphatic carbocycles. The fourth-order valence-electron chi connectivity index (χ4n) is 4.13. The zero-order chi connectivity index (χ0) is 16.8. The molecule has 0 spiro atoms. The van der Waals surface area contributed by atoms with E-state index in [-0.39, 0.29) is 0 Å². The van der Waals surface area contributed by atoms with Crippen LogP contribution in [0, 0.1) is 0 Å². The van der Waals surface area contributed by atoms with Crippen molar-refractivity contribution in [3.63, 3.8) is 0 Å². The van der Waals surface area contributed by atoms with Crippen LogP contribution in [0.25, 0.3) is 0 Å². The smallest absolute Gasteiger partial charge is 0.0476 e. The van der Waals surface area contributed by atoms with Gasteiger partial charge in [-0.15, -0.1) is 0 Å². The summed E-state index contributed by atoms with van der Waals surface area (Å²) in [5.74, 6) is 0. The van der Waals surface area contributed by atoms with Crippen molar-refractivity contribution in [2.75, 3.05) is 63.8 Å². The molecule has 2 fully saturated rings. The maximum absolute atomic E-state index is 3.49. The van der Waals surface area contributed by atoms with Crippen LogP contribution in [0.1, 0.15) is 38.3 Å². The molecule has 0 bridgehead atoms. The molecule has 0 amide bonds. The third-order valence-corrected chi connectivity index (χ3v) is 5.63. The summed E-state index contributed by atoms with van der Waals surface area (Å²) >= 11 is 0. The third-order valence-electron chi connectivity index (χ3n) is 5.63. The minimum Gasteiger partial charge on any atom is -0.372 e. The van der Waals surface area contributed by atoms with E-state index < -0.39 is 0 Å². The Balaban J connectivity index is 1.75. The summed E-state index contributed by atoms with van der Waals surface area (Å²) in [6.45, 7) is 14.9. The maximum Gasteiger partial charge on any atom is 0.0476 e. The highest BCUT2D eigenvalue weighted by Gasteiger charge is 2.25. The van der Waals surface area contributed by atoms with Crippen molar-refractivity contribution >= 4 is 5.69 Å². The topological polar surface area (TPSA) is 21.8 Å². The van der Waals surface area contributed by atoms with Gasteiger partial charge >= 0.3 is 0 Å². The van der Waals surface area contributed by atoms with Gasteiger partial charge in [-0.1, -0.05) is 12.1 Å². The lowest BCUT2D eigenvalue weighted by Gasteiger charge is -2.37. The molecule has 2 saturated heterocycles. The van der Waals surface area contributed by atoms with Gasteiger partial charge in [-0.2, -0.15) is 0 Å². The van der Waals surface area contributed by atoms with Gasteiger partial charge in [0.15, 0.2) is 0 Å². The number of nitrogens with one attached hydrogen (secondary N) is 1. The van der Waals surface area contributed by atoms with E-state index in [1.165, 1.54) is 43.7 Å². The van der Waals surface area contributed by atoms with E-state index in [9.17, 15) is 0 Å². The van der Waals surface area contributed by atoms with Gasteiger partial charge in [0.25, 0.3) is 0 Å². The van der Waals surface area contributed by atoms with E-state index >= 15 is 0 Å². The first-order valence-electron chi connectivity index (χ1n) is 9.84. The molecule has 1 aromatic rings. The lowest BCUT2D eigenvalue weighted by atomic mass is 10.0. The van der Waals surface area contributed by atoms with Gasteiger partial charge < -0.3 is 15.1 Å². The van der Waals surface area contributed by atoms with Crippen LogP contribution < -0.4 is 10.2 Å². The van der Waals surface area contributed by atoms with Gasteiger partial charge in [0.05, 0.1) is 0 Å². The Hall–Kier alpha value is -1.10. The van der Waals surface area contributed by atoms with E-state index in [0.29, 0.717) is 6.04 Å². The first-order valence-corrected chi connectivity index (χ1v) is 9.84. The standard InChI is InChI=1S/C20H34N4/c1-3-23(4-2)19-9-7-18(8-10-19)20(17-22-13-5-6-14-22)24-15-11-21-12-16-24/h7-10,20-21H,3-6,11-17H2,1-2H3. The number of likely N-dealkylation sites (tertiary alicyclic amines) is 1. The monoisotopic (exact) mass is 330 g/mol. The van der Waals surface area contributed by atoms with Gasteiger partial charge in [-0.25, -0.2) is 0 Å². The highest BCUT2D eigenvalue weighted by atomic mass is 15.3. The molecule has 1 atom stereocenters. The Morgan fingerprint density at radius 1 is 0.958 bits per heavy atom. The highest BCUT2D eigenvalue weighted by Crippen LogP contribution is 2.26. The molecule has 1 unspecified atom stereocenters. The number of hydrogen-bond donors (Lipinski definition) is 1. The van der Waals surface area contributed by atoms with Crippen molar-refractivity contribution in [2.24, 2.45) is 0 Å². The molecular formula is C20H34N4. The molecule has 0 radical (unpaired) electrons. The van der Waals surface area contributed by atoms with Crippen LogP contribution in [0.15, 0.2) is 24.3 Å². The van der Waals surface area contributed by atoms with E-state index in [0.717, 1.165) is 39.3 Å². The van der Waals surface area contributed by atoms with E-state index in [4.69, 9.17) is 0 Å². The summed E-state index contributed by atoms with van der Waals surface area (Å²) in [7, 11) is 0. The highest BCUT2D eigenvalue weighted by molar-refractivity contribution is 5.47. The summed E-state index contributed by atoms with van der Waals surface area (Å²) < 4.78 is 0. The van der Waals surface area contributed by atoms with Crippen molar-refractivity contribution in [1.29, 1.82) is 0 Å². The largest absolute Gasteiger partial charge is 0.372 e. The number of rotatable bonds is 7. The normalized spacial score (nSPS) is 21.1. The fraction of sp³-hybridized carbons (Fsp3) is 0.700. The van der Waals surface area contributed by atoms with Gasteiger partial charge in [0.2, 0.25) is 0 Å². The second kappa shape index (κ2) is 8.84. The zero-order valence-electron chi connectivity index (χ0n) is 15.5. The molecule has 3 rings (SSSR count). The van der Waals surface area contributed by atoms with E-state index in [1.807, 2.05) is 0 Å². The molecular weight excluding hydrogens is 296 g/mol. The average molecular weight is 331 g/mol. The molecule has 2 aliphatic heterocycles. The van der Waals surface area contributed by atoms with Gasteiger partial charge in [0.1, 0.15) is 0 Å². The number of nitrogens with zero attached hydrogens (tertiary/aromatic N) is 3. The maximum atomic E-state index is 3.49. The van der Waals surface area contributed by atoms with Gasteiger partial charge in [-0.05, 0) is 57.5 Å². The number of benzene rings is 1. The van der Waals surface area contributed by atoms with Crippen molar-refractivity contribution < 1.29 is 0 Å². The average Bonchev–Trinajstić information content (AvgIpc) is 3.15. The fourth-order valence-corrected chi connectivity index (χ4v) is 4.13. The van der Waals surface area contributed by atoms with E-state index in [2.05, 4.69) is 58.1 Å². The van der Waals surface area contributed by atoms with Crippen LogP contribution in [0.2, 0.25) is 0 Å². The molecule has 1 N–H and O–H groups in total. The predicted octanol–water partition coefficient (Wildman–Crippen LogP) is 2.57. The summed E-state index contributed by atoms with van der Waals surface area (Å²) in [4.78, 5) is 7.76. The number of hydrogen-bond acceptors (Lipinski definition) is 4. The second-order valence-electron chi connectivity index (χ2n) is 7.07. The number of piperazine rings is 1. The van der Waals surface area contributed by atoms with Crippen LogP contribution in [0.3, 0.4) is 0 Å². The molecule has 134 valence electrons. The minimum atomic E-state index is 0.538. The Morgan fingerprint density at radius 2 is 1.58 bits per heavy atom. The molecule has 0 saturated carbocycles. The van der Waals surface area contributed by atoms with E-state index in [1.54, 1.807) is 0 Å². The van der Waals surface area contributed by atoms with Crippen LogP contribution in [0.4, 0.5) is 5.69 Å². The molecule has 4 nitrogen and oxygen atoms in total. The molecule has 2 heterocycles. The molecule has 2 aliphatic rings. The summed E-state index contributed by atoms with van der Waals surface area (Å²) in [5, 5.41) is 3.49. The van der Waals surface area contributed by atoms with Crippen LogP contribution in [0.5, 0.6) is 0 Å². The molecule has 24 heavy (non-hydrogen) atoms. The van der Waals surface area contributed by atoms with Gasteiger partial charge in [-0.3, -0.25) is 4.90 Å². The third kappa shape index (κ3) is 4.29. The lowest BCUT2D eigenvalue weighted by Crippen LogP contribution is -2.47. The Morgan fingerprint density at radius 3 is 2.17 bits per heavy atom. The first kappa shape index (κ1) is 17.7. The van der Waals surface area contributed by atoms with Crippen molar-refractivity contribution in [3.8, 4) is 0 Å². The SMILES string of the molecule is CCN(CC)c1ccc(C(CN2CCCC2)N2CCNCC2)cc1. The summed E-state index contributed by atoms with van der Waals surface area (Å²) in [6, 6.07) is 9.92.